The van der Waals surface area contributed by atoms with Crippen LogP contribution in [0.15, 0.2) is 48.5 Å². The number of fused-ring (bicyclic) bond motifs is 2. The van der Waals surface area contributed by atoms with E-state index in [9.17, 15) is 0 Å². The smallest absolute Gasteiger partial charge is 0.180 e. The molecular weight excluding hydrogens is 456 g/mol. The molecule has 0 spiro atoms. The summed E-state index contributed by atoms with van der Waals surface area (Å²) in [4.78, 5) is 27.4. The summed E-state index contributed by atoms with van der Waals surface area (Å²) < 4.78 is 12.7. The molecule has 184 valence electrons. The lowest BCUT2D eigenvalue weighted by Gasteiger charge is -2.33. The Balaban J connectivity index is 1.37. The zero-order valence-corrected chi connectivity index (χ0v) is 20.6. The monoisotopic (exact) mass is 484 g/mol. The molecule has 5 heterocycles. The number of imidazole rings is 2. The molecule has 1 aliphatic heterocycles. The largest absolute Gasteiger partial charge is 0.497 e. The summed E-state index contributed by atoms with van der Waals surface area (Å²) in [5.41, 5.74) is 4.76. The molecule has 0 saturated carbocycles. The summed E-state index contributed by atoms with van der Waals surface area (Å²) >= 11 is 0. The number of nitrogens with one attached hydrogen (secondary N) is 1. The number of rotatable bonds is 6. The van der Waals surface area contributed by atoms with Crippen molar-refractivity contribution in [1.82, 2.24) is 34.4 Å². The molecule has 1 fully saturated rings. The predicted molar refractivity (Wildman–Crippen MR) is 139 cm³/mol. The number of ether oxygens (including phenoxy) is 2. The summed E-state index contributed by atoms with van der Waals surface area (Å²) in [5.74, 6) is 3.20. The SMILES string of the molecule is COCn1c(-c2ccc(OC)cc2)nc2ccc(-c3nc4nc(N5CCN(C)CC5)ccc4[nH]3)nc21. The molecule has 36 heavy (non-hydrogen) atoms. The highest BCUT2D eigenvalue weighted by atomic mass is 16.5. The third-order valence-corrected chi connectivity index (χ3v) is 6.60. The maximum atomic E-state index is 5.49. The van der Waals surface area contributed by atoms with Crippen LogP contribution in [0.5, 0.6) is 5.75 Å². The lowest BCUT2D eigenvalue weighted by Crippen LogP contribution is -2.44. The Labute approximate surface area is 208 Å². The number of aromatic nitrogens is 6. The van der Waals surface area contributed by atoms with Crippen molar-refractivity contribution in [2.45, 2.75) is 6.73 Å². The van der Waals surface area contributed by atoms with E-state index in [1.54, 1.807) is 14.2 Å². The number of methoxy groups -OCH3 is 2. The number of pyridine rings is 2. The van der Waals surface area contributed by atoms with Crippen molar-refractivity contribution in [2.24, 2.45) is 0 Å². The molecule has 0 aliphatic carbocycles. The van der Waals surface area contributed by atoms with Gasteiger partial charge in [0.15, 0.2) is 17.1 Å². The third-order valence-electron chi connectivity index (χ3n) is 6.60. The van der Waals surface area contributed by atoms with Gasteiger partial charge in [-0.05, 0) is 55.6 Å². The Hall–Kier alpha value is -4.02. The van der Waals surface area contributed by atoms with Gasteiger partial charge in [-0.2, -0.15) is 0 Å². The quantitative estimate of drug-likeness (QED) is 0.392. The Bertz CT molecular complexity index is 1520. The summed E-state index contributed by atoms with van der Waals surface area (Å²) in [5, 5.41) is 0. The number of benzene rings is 1. The van der Waals surface area contributed by atoms with Crippen molar-refractivity contribution < 1.29 is 9.47 Å². The normalized spacial score (nSPS) is 14.7. The van der Waals surface area contributed by atoms with E-state index < -0.39 is 0 Å². The molecule has 0 atom stereocenters. The van der Waals surface area contributed by atoms with Crippen molar-refractivity contribution >= 4 is 28.1 Å². The van der Waals surface area contributed by atoms with Crippen molar-refractivity contribution in [1.29, 1.82) is 0 Å². The highest BCUT2D eigenvalue weighted by Crippen LogP contribution is 2.28. The van der Waals surface area contributed by atoms with Crippen LogP contribution in [0.25, 0.3) is 45.2 Å². The lowest BCUT2D eigenvalue weighted by atomic mass is 10.2. The minimum absolute atomic E-state index is 0.324. The fourth-order valence-electron chi connectivity index (χ4n) is 4.56. The molecule has 0 amide bonds. The van der Waals surface area contributed by atoms with Gasteiger partial charge in [0.25, 0.3) is 0 Å². The fourth-order valence-corrected chi connectivity index (χ4v) is 4.56. The molecule has 6 rings (SSSR count). The molecule has 1 aliphatic rings. The van der Waals surface area contributed by atoms with E-state index in [2.05, 4.69) is 27.9 Å². The average molecular weight is 485 g/mol. The van der Waals surface area contributed by atoms with E-state index in [1.165, 1.54) is 0 Å². The van der Waals surface area contributed by atoms with Crippen LogP contribution in [0, 0.1) is 0 Å². The molecule has 5 aromatic rings. The van der Waals surface area contributed by atoms with Gasteiger partial charge in [-0.25, -0.2) is 19.9 Å². The summed E-state index contributed by atoms with van der Waals surface area (Å²) in [7, 11) is 5.47. The molecule has 0 radical (unpaired) electrons. The number of piperazine rings is 1. The third kappa shape index (κ3) is 4.04. The number of nitrogens with zero attached hydrogens (tertiary/aromatic N) is 7. The topological polar surface area (TPSA) is 97.2 Å². The van der Waals surface area contributed by atoms with Crippen LogP contribution in [0.2, 0.25) is 0 Å². The lowest BCUT2D eigenvalue weighted by molar-refractivity contribution is 0.135. The first-order chi connectivity index (χ1) is 17.6. The van der Waals surface area contributed by atoms with Crippen molar-refractivity contribution in [3.8, 4) is 28.7 Å². The fraction of sp³-hybridized carbons (Fsp3) is 0.308. The van der Waals surface area contributed by atoms with Crippen molar-refractivity contribution in [3.63, 3.8) is 0 Å². The molecule has 10 heteroatoms. The highest BCUT2D eigenvalue weighted by molar-refractivity contribution is 5.81. The Morgan fingerprint density at radius 1 is 0.861 bits per heavy atom. The number of aromatic amines is 1. The molecule has 0 unspecified atom stereocenters. The van der Waals surface area contributed by atoms with Crippen LogP contribution in [-0.4, -0.2) is 81.8 Å². The van der Waals surface area contributed by atoms with E-state index >= 15 is 0 Å². The average Bonchev–Trinajstić information content (AvgIpc) is 3.50. The van der Waals surface area contributed by atoms with E-state index in [-0.39, 0.29) is 0 Å². The van der Waals surface area contributed by atoms with Crippen LogP contribution in [-0.2, 0) is 11.5 Å². The number of likely N-dealkylation sites (N-methyl/N-ethyl adjacent to an activating group) is 1. The van der Waals surface area contributed by atoms with Crippen LogP contribution in [0.1, 0.15) is 0 Å². The molecule has 1 aromatic carbocycles. The van der Waals surface area contributed by atoms with Crippen LogP contribution in [0.3, 0.4) is 0 Å². The second-order valence-corrected chi connectivity index (χ2v) is 8.97. The Kier molecular flexibility index (Phi) is 5.74. The number of anilines is 1. The van der Waals surface area contributed by atoms with Gasteiger partial charge >= 0.3 is 0 Å². The van der Waals surface area contributed by atoms with Gasteiger partial charge in [-0.1, -0.05) is 0 Å². The predicted octanol–water partition coefficient (Wildman–Crippen LogP) is 3.40. The van der Waals surface area contributed by atoms with Gasteiger partial charge < -0.3 is 24.3 Å². The van der Waals surface area contributed by atoms with Gasteiger partial charge in [0.05, 0.1) is 12.6 Å². The first kappa shape index (κ1) is 22.4. The van der Waals surface area contributed by atoms with Crippen LogP contribution in [0.4, 0.5) is 5.82 Å². The molecule has 1 N–H and O–H groups in total. The minimum Gasteiger partial charge on any atom is -0.497 e. The van der Waals surface area contributed by atoms with Crippen molar-refractivity contribution in [2.75, 3.05) is 52.3 Å². The maximum absolute atomic E-state index is 5.49. The van der Waals surface area contributed by atoms with Gasteiger partial charge in [0.2, 0.25) is 0 Å². The van der Waals surface area contributed by atoms with Crippen LogP contribution < -0.4 is 9.64 Å². The Morgan fingerprint density at radius 3 is 2.42 bits per heavy atom. The number of H-pyrrole nitrogens is 1. The van der Waals surface area contributed by atoms with Gasteiger partial charge in [0.1, 0.15) is 35.3 Å². The number of hydrogen-bond donors (Lipinski definition) is 1. The van der Waals surface area contributed by atoms with Crippen LogP contribution >= 0.6 is 0 Å². The number of hydrogen-bond acceptors (Lipinski definition) is 8. The second-order valence-electron chi connectivity index (χ2n) is 8.97. The van der Waals surface area contributed by atoms with Gasteiger partial charge in [0, 0.05) is 38.9 Å². The molecule has 0 bridgehead atoms. The summed E-state index contributed by atoms with van der Waals surface area (Å²) in [6.45, 7) is 4.31. The second kappa shape index (κ2) is 9.21. The summed E-state index contributed by atoms with van der Waals surface area (Å²) in [6.07, 6.45) is 0. The van der Waals surface area contributed by atoms with E-state index in [0.29, 0.717) is 18.2 Å². The van der Waals surface area contributed by atoms with Gasteiger partial charge in [-0.3, -0.25) is 4.57 Å². The zero-order chi connectivity index (χ0) is 24.6. The minimum atomic E-state index is 0.324. The zero-order valence-electron chi connectivity index (χ0n) is 20.6. The first-order valence-electron chi connectivity index (χ1n) is 11.9. The molecular formula is C26H28N8O2. The van der Waals surface area contributed by atoms with E-state index in [0.717, 1.165) is 71.5 Å². The highest BCUT2D eigenvalue weighted by Gasteiger charge is 2.18. The standard InChI is InChI=1S/C26H28N8O2/c1-32-12-14-33(15-13-32)22-11-10-19-24(30-22)31-23(27-19)20-8-9-21-26(28-20)34(16-35-2)25(29-21)17-4-6-18(36-3)7-5-17/h4-11H,12-16H2,1-3H3,(H,27,30,31). The molecule has 4 aromatic heterocycles. The summed E-state index contributed by atoms with van der Waals surface area (Å²) in [6, 6.07) is 15.8. The molecule has 10 nitrogen and oxygen atoms in total. The first-order valence-corrected chi connectivity index (χ1v) is 11.9. The molecule has 1 saturated heterocycles. The van der Waals surface area contributed by atoms with E-state index in [4.69, 9.17) is 29.4 Å². The van der Waals surface area contributed by atoms with Gasteiger partial charge in [-0.15, -0.1) is 0 Å². The maximum Gasteiger partial charge on any atom is 0.180 e. The Morgan fingerprint density at radius 2 is 1.67 bits per heavy atom. The van der Waals surface area contributed by atoms with E-state index in [1.807, 2.05) is 47.0 Å². The van der Waals surface area contributed by atoms with Crippen molar-refractivity contribution in [3.05, 3.63) is 48.5 Å².